The Hall–Kier alpha value is -1.14. The fourth-order valence-corrected chi connectivity index (χ4v) is 4.05. The van der Waals surface area contributed by atoms with Crippen LogP contribution in [-0.4, -0.2) is 46.9 Å². The SMILES string of the molecule is Nc1ncc(CN2CCC(C(=O)N3CCCCC3)CC2)s1. The second-order valence-corrected chi connectivity index (χ2v) is 7.25. The van der Waals surface area contributed by atoms with Crippen LogP contribution in [0.15, 0.2) is 6.20 Å². The van der Waals surface area contributed by atoms with Gasteiger partial charge >= 0.3 is 0 Å². The van der Waals surface area contributed by atoms with E-state index in [1.807, 2.05) is 6.20 Å². The molecule has 0 unspecified atom stereocenters. The number of thiazole rings is 1. The number of aromatic nitrogens is 1. The number of rotatable bonds is 3. The molecule has 2 aliphatic heterocycles. The third kappa shape index (κ3) is 3.74. The van der Waals surface area contributed by atoms with Gasteiger partial charge in [-0.15, -0.1) is 11.3 Å². The molecule has 0 atom stereocenters. The normalized spacial score (nSPS) is 21.6. The highest BCUT2D eigenvalue weighted by Crippen LogP contribution is 2.24. The number of hydrogen-bond acceptors (Lipinski definition) is 5. The summed E-state index contributed by atoms with van der Waals surface area (Å²) in [6.45, 7) is 4.86. The number of nitrogen functional groups attached to an aromatic ring is 1. The minimum atomic E-state index is 0.242. The lowest BCUT2D eigenvalue weighted by Crippen LogP contribution is -2.44. The summed E-state index contributed by atoms with van der Waals surface area (Å²) in [5, 5.41) is 0.639. The second-order valence-electron chi connectivity index (χ2n) is 6.10. The molecule has 2 fully saturated rings. The minimum absolute atomic E-state index is 0.242. The molecule has 0 aliphatic carbocycles. The maximum Gasteiger partial charge on any atom is 0.225 e. The third-order valence-electron chi connectivity index (χ3n) is 4.56. The van der Waals surface area contributed by atoms with Gasteiger partial charge in [0.25, 0.3) is 0 Å². The van der Waals surface area contributed by atoms with Gasteiger partial charge in [0.1, 0.15) is 0 Å². The third-order valence-corrected chi connectivity index (χ3v) is 5.37. The number of anilines is 1. The largest absolute Gasteiger partial charge is 0.375 e. The summed E-state index contributed by atoms with van der Waals surface area (Å²) in [6.07, 6.45) is 7.48. The van der Waals surface area contributed by atoms with E-state index in [1.165, 1.54) is 24.1 Å². The van der Waals surface area contributed by atoms with Gasteiger partial charge in [0.05, 0.1) is 0 Å². The topological polar surface area (TPSA) is 62.5 Å². The summed E-state index contributed by atoms with van der Waals surface area (Å²) >= 11 is 1.56. The van der Waals surface area contributed by atoms with Crippen molar-refractivity contribution in [3.8, 4) is 0 Å². The fraction of sp³-hybridized carbons (Fsp3) is 0.733. The Morgan fingerprint density at radius 1 is 1.24 bits per heavy atom. The maximum absolute atomic E-state index is 12.5. The number of hydrogen-bond donors (Lipinski definition) is 1. The van der Waals surface area contributed by atoms with Crippen LogP contribution in [0.5, 0.6) is 0 Å². The van der Waals surface area contributed by atoms with Crippen molar-refractivity contribution in [2.75, 3.05) is 31.9 Å². The fourth-order valence-electron chi connectivity index (χ4n) is 3.33. The molecular weight excluding hydrogens is 284 g/mol. The molecule has 1 aromatic heterocycles. The molecule has 0 bridgehead atoms. The molecular formula is C15H24N4OS. The Kier molecular flexibility index (Phi) is 4.75. The summed E-state index contributed by atoms with van der Waals surface area (Å²) in [4.78, 5) is 22.3. The van der Waals surface area contributed by atoms with Crippen LogP contribution in [0, 0.1) is 5.92 Å². The molecule has 0 saturated carbocycles. The summed E-state index contributed by atoms with van der Waals surface area (Å²) in [5.41, 5.74) is 5.67. The smallest absolute Gasteiger partial charge is 0.225 e. The molecule has 0 spiro atoms. The van der Waals surface area contributed by atoms with Crippen LogP contribution in [0.1, 0.15) is 37.0 Å². The molecule has 1 aromatic rings. The highest BCUT2D eigenvalue weighted by Gasteiger charge is 2.29. The predicted molar refractivity (Wildman–Crippen MR) is 85.0 cm³/mol. The van der Waals surface area contributed by atoms with Crippen molar-refractivity contribution >= 4 is 22.4 Å². The van der Waals surface area contributed by atoms with Crippen molar-refractivity contribution in [3.63, 3.8) is 0 Å². The Labute approximate surface area is 130 Å². The van der Waals surface area contributed by atoms with E-state index in [0.717, 1.165) is 45.6 Å². The zero-order chi connectivity index (χ0) is 14.7. The van der Waals surface area contributed by atoms with Gasteiger partial charge in [-0.1, -0.05) is 0 Å². The van der Waals surface area contributed by atoms with Crippen molar-refractivity contribution in [2.24, 2.45) is 5.92 Å². The summed E-state index contributed by atoms with van der Waals surface area (Å²) in [6, 6.07) is 0. The van der Waals surface area contributed by atoms with E-state index in [2.05, 4.69) is 14.8 Å². The van der Waals surface area contributed by atoms with Gasteiger partial charge in [0.15, 0.2) is 5.13 Å². The van der Waals surface area contributed by atoms with E-state index < -0.39 is 0 Å². The molecule has 2 N–H and O–H groups in total. The van der Waals surface area contributed by atoms with Crippen molar-refractivity contribution in [1.29, 1.82) is 0 Å². The molecule has 1 amide bonds. The first-order valence-corrected chi connectivity index (χ1v) is 8.75. The van der Waals surface area contributed by atoms with Gasteiger partial charge in [0.2, 0.25) is 5.91 Å². The summed E-state index contributed by atoms with van der Waals surface area (Å²) < 4.78 is 0. The molecule has 2 saturated heterocycles. The van der Waals surface area contributed by atoms with Gasteiger partial charge in [-0.2, -0.15) is 0 Å². The van der Waals surface area contributed by atoms with E-state index in [4.69, 9.17) is 5.73 Å². The van der Waals surface area contributed by atoms with Crippen LogP contribution in [0.2, 0.25) is 0 Å². The van der Waals surface area contributed by atoms with Crippen molar-refractivity contribution < 1.29 is 4.79 Å². The van der Waals surface area contributed by atoms with E-state index in [0.29, 0.717) is 11.0 Å². The number of amides is 1. The number of likely N-dealkylation sites (tertiary alicyclic amines) is 2. The van der Waals surface area contributed by atoms with Gasteiger partial charge < -0.3 is 10.6 Å². The van der Waals surface area contributed by atoms with Crippen LogP contribution in [0.25, 0.3) is 0 Å². The first-order chi connectivity index (χ1) is 10.2. The summed E-state index contributed by atoms with van der Waals surface area (Å²) in [7, 11) is 0. The molecule has 116 valence electrons. The number of carbonyl (C=O) groups is 1. The lowest BCUT2D eigenvalue weighted by molar-refractivity contribution is -0.138. The van der Waals surface area contributed by atoms with E-state index in [-0.39, 0.29) is 5.92 Å². The van der Waals surface area contributed by atoms with Crippen LogP contribution in [-0.2, 0) is 11.3 Å². The molecule has 6 heteroatoms. The highest BCUT2D eigenvalue weighted by atomic mass is 32.1. The summed E-state index contributed by atoms with van der Waals surface area (Å²) in [5.74, 6) is 0.641. The zero-order valence-electron chi connectivity index (χ0n) is 12.5. The van der Waals surface area contributed by atoms with E-state index in [1.54, 1.807) is 11.3 Å². The number of nitrogens with zero attached hydrogens (tertiary/aromatic N) is 3. The average Bonchev–Trinajstić information content (AvgIpc) is 2.93. The molecule has 0 aromatic carbocycles. The van der Waals surface area contributed by atoms with Crippen LogP contribution in [0.3, 0.4) is 0 Å². The lowest BCUT2D eigenvalue weighted by Gasteiger charge is -2.35. The van der Waals surface area contributed by atoms with Crippen molar-refractivity contribution in [1.82, 2.24) is 14.8 Å². The Morgan fingerprint density at radius 3 is 2.57 bits per heavy atom. The van der Waals surface area contributed by atoms with E-state index >= 15 is 0 Å². The van der Waals surface area contributed by atoms with Gasteiger partial charge in [0, 0.05) is 36.6 Å². The van der Waals surface area contributed by atoms with Crippen molar-refractivity contribution in [2.45, 2.75) is 38.6 Å². The number of piperidine rings is 2. The molecule has 3 rings (SSSR count). The first-order valence-electron chi connectivity index (χ1n) is 7.93. The standard InChI is InChI=1S/C15H24N4OS/c16-15-17-10-13(21-15)11-18-8-4-12(5-9-18)14(20)19-6-2-1-3-7-19/h10,12H,1-9,11H2,(H2,16,17). The van der Waals surface area contributed by atoms with Gasteiger partial charge in [-0.25, -0.2) is 4.98 Å². The molecule has 0 radical (unpaired) electrons. The Morgan fingerprint density at radius 2 is 1.95 bits per heavy atom. The molecule has 21 heavy (non-hydrogen) atoms. The monoisotopic (exact) mass is 308 g/mol. The predicted octanol–water partition coefficient (Wildman–Crippen LogP) is 1.95. The van der Waals surface area contributed by atoms with Crippen molar-refractivity contribution in [3.05, 3.63) is 11.1 Å². The Balaban J connectivity index is 1.47. The van der Waals surface area contributed by atoms with Gasteiger partial charge in [-0.3, -0.25) is 9.69 Å². The van der Waals surface area contributed by atoms with Gasteiger partial charge in [-0.05, 0) is 45.2 Å². The Bertz CT molecular complexity index is 476. The molecule has 5 nitrogen and oxygen atoms in total. The van der Waals surface area contributed by atoms with Crippen LogP contribution in [0.4, 0.5) is 5.13 Å². The number of carbonyl (C=O) groups excluding carboxylic acids is 1. The quantitative estimate of drug-likeness (QED) is 0.927. The average molecular weight is 308 g/mol. The van der Waals surface area contributed by atoms with Crippen LogP contribution < -0.4 is 5.73 Å². The lowest BCUT2D eigenvalue weighted by atomic mass is 9.94. The van der Waals surface area contributed by atoms with E-state index in [9.17, 15) is 4.79 Å². The zero-order valence-corrected chi connectivity index (χ0v) is 13.3. The second kappa shape index (κ2) is 6.75. The molecule has 2 aliphatic rings. The first kappa shape index (κ1) is 14.8. The highest BCUT2D eigenvalue weighted by molar-refractivity contribution is 7.15. The number of nitrogens with two attached hydrogens (primary N) is 1. The maximum atomic E-state index is 12.5. The molecule has 3 heterocycles. The van der Waals surface area contributed by atoms with Crippen LogP contribution >= 0.6 is 11.3 Å². The minimum Gasteiger partial charge on any atom is -0.375 e.